The van der Waals surface area contributed by atoms with Gasteiger partial charge in [0.15, 0.2) is 11.5 Å². The van der Waals surface area contributed by atoms with Crippen molar-refractivity contribution in [2.24, 2.45) is 0 Å². The molecule has 2 aliphatic heterocycles. The number of hydrogen-bond acceptors (Lipinski definition) is 5. The third kappa shape index (κ3) is 4.33. The largest absolute Gasteiger partial charge is 0.486 e. The fourth-order valence-corrected chi connectivity index (χ4v) is 4.25. The van der Waals surface area contributed by atoms with E-state index in [1.54, 1.807) is 11.8 Å². The zero-order valence-electron chi connectivity index (χ0n) is 18.3. The molecular weight excluding hydrogens is 398 g/mol. The van der Waals surface area contributed by atoms with Crippen molar-refractivity contribution < 1.29 is 23.8 Å². The molecule has 0 aliphatic carbocycles. The molecule has 1 aromatic carbocycles. The molecule has 0 atom stereocenters. The molecule has 31 heavy (non-hydrogen) atoms. The number of carbonyl (C=O) groups excluding carboxylic acids is 2. The Bertz CT molecular complexity index is 976. The second kappa shape index (κ2) is 8.91. The van der Waals surface area contributed by atoms with Crippen LogP contribution in [0.4, 0.5) is 4.79 Å². The Kier molecular flexibility index (Phi) is 6.06. The molecule has 2 amide bonds. The highest BCUT2D eigenvalue weighted by Crippen LogP contribution is 2.33. The van der Waals surface area contributed by atoms with Crippen LogP contribution in [-0.4, -0.2) is 60.4 Å². The first kappa shape index (κ1) is 21.1. The van der Waals surface area contributed by atoms with Crippen molar-refractivity contribution in [2.45, 2.75) is 39.7 Å². The summed E-state index contributed by atoms with van der Waals surface area (Å²) in [5.41, 5.74) is 3.42. The number of piperidine rings is 1. The smallest absolute Gasteiger partial charge is 0.409 e. The Balaban J connectivity index is 1.45. The second-order valence-electron chi connectivity index (χ2n) is 7.88. The molecule has 2 aromatic rings. The van der Waals surface area contributed by atoms with Crippen molar-refractivity contribution in [2.75, 3.05) is 32.9 Å². The molecule has 8 heteroatoms. The molecule has 1 N–H and O–H groups in total. The predicted molar refractivity (Wildman–Crippen MR) is 115 cm³/mol. The first-order chi connectivity index (χ1) is 15.0. The van der Waals surface area contributed by atoms with E-state index in [1.165, 1.54) is 0 Å². The van der Waals surface area contributed by atoms with Gasteiger partial charge in [-0.05, 0) is 51.8 Å². The summed E-state index contributed by atoms with van der Waals surface area (Å²) in [6.45, 7) is 8.35. The van der Waals surface area contributed by atoms with E-state index >= 15 is 0 Å². The lowest BCUT2D eigenvalue weighted by molar-refractivity contribution is 0.0859. The number of likely N-dealkylation sites (tertiary alicyclic amines) is 1. The minimum absolute atomic E-state index is 0.0375. The summed E-state index contributed by atoms with van der Waals surface area (Å²) < 4.78 is 18.4. The topological polar surface area (TPSA) is 82.0 Å². The van der Waals surface area contributed by atoms with E-state index in [4.69, 9.17) is 14.2 Å². The van der Waals surface area contributed by atoms with Crippen LogP contribution in [0.15, 0.2) is 24.3 Å². The number of fused-ring (bicyclic) bond motifs is 1. The molecule has 0 unspecified atom stereocenters. The monoisotopic (exact) mass is 427 g/mol. The van der Waals surface area contributed by atoms with E-state index in [0.29, 0.717) is 51.3 Å². The molecule has 0 bridgehead atoms. The number of hydrogen-bond donors (Lipinski definition) is 1. The Morgan fingerprint density at radius 2 is 1.81 bits per heavy atom. The first-order valence-corrected chi connectivity index (χ1v) is 10.8. The molecule has 2 aliphatic rings. The minimum atomic E-state index is -0.282. The lowest BCUT2D eigenvalue weighted by atomic mass is 10.0. The number of aryl methyl sites for hydroxylation is 1. The summed E-state index contributed by atoms with van der Waals surface area (Å²) in [7, 11) is 0. The van der Waals surface area contributed by atoms with Gasteiger partial charge in [0.2, 0.25) is 0 Å². The molecule has 166 valence electrons. The second-order valence-corrected chi connectivity index (χ2v) is 7.88. The number of nitrogens with one attached hydrogen (secondary N) is 1. The number of ether oxygens (including phenoxy) is 3. The van der Waals surface area contributed by atoms with Crippen molar-refractivity contribution in [3.8, 4) is 17.2 Å². The highest BCUT2D eigenvalue weighted by molar-refractivity contribution is 5.96. The zero-order valence-corrected chi connectivity index (χ0v) is 18.3. The van der Waals surface area contributed by atoms with Gasteiger partial charge in [0.1, 0.15) is 13.2 Å². The SMILES string of the molecule is CCOC(=O)N1CCC(NC(=O)c2cc(C)n(-c3ccc4c(c3)OCCO4)c2C)CC1. The van der Waals surface area contributed by atoms with Crippen LogP contribution >= 0.6 is 0 Å². The number of aromatic nitrogens is 1. The molecule has 1 fully saturated rings. The Hall–Kier alpha value is -3.16. The third-order valence-corrected chi connectivity index (χ3v) is 5.82. The van der Waals surface area contributed by atoms with Crippen LogP contribution in [0.25, 0.3) is 5.69 Å². The fraction of sp³-hybridized carbons (Fsp3) is 0.478. The maximum atomic E-state index is 13.0. The molecular formula is C23H29N3O5. The summed E-state index contributed by atoms with van der Waals surface area (Å²) >= 11 is 0. The normalized spacial score (nSPS) is 16.2. The Labute approximate surface area is 182 Å². The summed E-state index contributed by atoms with van der Waals surface area (Å²) in [5.74, 6) is 1.37. The van der Waals surface area contributed by atoms with Crippen LogP contribution in [0, 0.1) is 13.8 Å². The van der Waals surface area contributed by atoms with Crippen LogP contribution in [0.2, 0.25) is 0 Å². The molecule has 1 aromatic heterocycles. The predicted octanol–water partition coefficient (Wildman–Crippen LogP) is 3.22. The lowest BCUT2D eigenvalue weighted by Gasteiger charge is -2.31. The summed E-state index contributed by atoms with van der Waals surface area (Å²) in [4.78, 5) is 26.6. The molecule has 3 heterocycles. The van der Waals surface area contributed by atoms with Gasteiger partial charge in [-0.2, -0.15) is 0 Å². The number of benzene rings is 1. The Morgan fingerprint density at radius 1 is 1.10 bits per heavy atom. The van der Waals surface area contributed by atoms with Gasteiger partial charge < -0.3 is 29.0 Å². The first-order valence-electron chi connectivity index (χ1n) is 10.8. The highest BCUT2D eigenvalue weighted by Gasteiger charge is 2.26. The zero-order chi connectivity index (χ0) is 22.0. The maximum Gasteiger partial charge on any atom is 0.409 e. The Morgan fingerprint density at radius 3 is 2.52 bits per heavy atom. The molecule has 4 rings (SSSR count). The van der Waals surface area contributed by atoms with E-state index in [1.807, 2.05) is 38.1 Å². The van der Waals surface area contributed by atoms with Crippen LogP contribution < -0.4 is 14.8 Å². The number of rotatable bonds is 4. The van der Waals surface area contributed by atoms with E-state index in [-0.39, 0.29) is 18.0 Å². The van der Waals surface area contributed by atoms with Gasteiger partial charge in [-0.1, -0.05) is 0 Å². The molecule has 0 radical (unpaired) electrons. The minimum Gasteiger partial charge on any atom is -0.486 e. The van der Waals surface area contributed by atoms with Crippen molar-refractivity contribution in [3.05, 3.63) is 41.2 Å². The fourth-order valence-electron chi connectivity index (χ4n) is 4.25. The van der Waals surface area contributed by atoms with Crippen molar-refractivity contribution in [1.82, 2.24) is 14.8 Å². The van der Waals surface area contributed by atoms with Gasteiger partial charge in [-0.15, -0.1) is 0 Å². The third-order valence-electron chi connectivity index (χ3n) is 5.82. The van der Waals surface area contributed by atoms with Crippen LogP contribution in [-0.2, 0) is 4.74 Å². The average molecular weight is 428 g/mol. The van der Waals surface area contributed by atoms with Crippen molar-refractivity contribution in [3.63, 3.8) is 0 Å². The maximum absolute atomic E-state index is 13.0. The van der Waals surface area contributed by atoms with Gasteiger partial charge in [0.05, 0.1) is 12.2 Å². The number of nitrogens with zero attached hydrogens (tertiary/aromatic N) is 2. The standard InChI is InChI=1S/C23H29N3O5/c1-4-29-23(28)25-9-7-17(8-10-25)24-22(27)19-13-15(2)26(16(19)3)18-5-6-20-21(14-18)31-12-11-30-20/h5-6,13-14,17H,4,7-12H2,1-3H3,(H,24,27). The van der Waals surface area contributed by atoms with Crippen LogP contribution in [0.5, 0.6) is 11.5 Å². The quantitative estimate of drug-likeness (QED) is 0.810. The van der Waals surface area contributed by atoms with Crippen molar-refractivity contribution >= 4 is 12.0 Å². The molecule has 8 nitrogen and oxygen atoms in total. The van der Waals surface area contributed by atoms with Gasteiger partial charge in [0.25, 0.3) is 5.91 Å². The molecule has 1 saturated heterocycles. The summed E-state index contributed by atoms with van der Waals surface area (Å²) in [6, 6.07) is 7.77. The van der Waals surface area contributed by atoms with Crippen molar-refractivity contribution in [1.29, 1.82) is 0 Å². The van der Waals surface area contributed by atoms with E-state index in [2.05, 4.69) is 9.88 Å². The molecule has 0 saturated carbocycles. The average Bonchev–Trinajstić information content (AvgIpc) is 3.08. The number of carbonyl (C=O) groups is 2. The molecule has 0 spiro atoms. The van der Waals surface area contributed by atoms with Gasteiger partial charge in [0, 0.05) is 42.3 Å². The van der Waals surface area contributed by atoms with Crippen LogP contribution in [0.3, 0.4) is 0 Å². The van der Waals surface area contributed by atoms with Crippen LogP contribution in [0.1, 0.15) is 41.5 Å². The summed E-state index contributed by atoms with van der Waals surface area (Å²) in [5, 5.41) is 3.13. The summed E-state index contributed by atoms with van der Waals surface area (Å²) in [6.07, 6.45) is 1.15. The van der Waals surface area contributed by atoms with E-state index in [9.17, 15) is 9.59 Å². The highest BCUT2D eigenvalue weighted by atomic mass is 16.6. The van der Waals surface area contributed by atoms with E-state index < -0.39 is 0 Å². The van der Waals surface area contributed by atoms with Gasteiger partial charge in [-0.3, -0.25) is 4.79 Å². The van der Waals surface area contributed by atoms with E-state index in [0.717, 1.165) is 28.6 Å². The van der Waals surface area contributed by atoms with Gasteiger partial charge in [-0.25, -0.2) is 4.79 Å². The lowest BCUT2D eigenvalue weighted by Crippen LogP contribution is -2.46. The van der Waals surface area contributed by atoms with Gasteiger partial charge >= 0.3 is 6.09 Å². The number of amides is 2.